The van der Waals surface area contributed by atoms with E-state index in [1.165, 1.54) is 6.21 Å². The molecular weight excluding hydrogens is 268 g/mol. The van der Waals surface area contributed by atoms with Crippen molar-refractivity contribution in [3.05, 3.63) is 16.4 Å². The van der Waals surface area contributed by atoms with Crippen LogP contribution in [-0.4, -0.2) is 20.3 Å². The van der Waals surface area contributed by atoms with Gasteiger partial charge < -0.3 is 4.52 Å². The molecule has 1 rings (SSSR count). The van der Waals surface area contributed by atoms with Crippen LogP contribution in [0.2, 0.25) is 0 Å². The van der Waals surface area contributed by atoms with Gasteiger partial charge in [0, 0.05) is 6.07 Å². The van der Waals surface area contributed by atoms with Crippen LogP contribution in [0, 0.1) is 0 Å². The first-order chi connectivity index (χ1) is 6.39. The third-order valence-corrected chi connectivity index (χ3v) is 3.02. The third-order valence-electron chi connectivity index (χ3n) is 1.30. The van der Waals surface area contributed by atoms with Crippen molar-refractivity contribution >= 4 is 33.1 Å². The van der Waals surface area contributed by atoms with E-state index in [0.717, 1.165) is 0 Å². The second kappa shape index (κ2) is 4.35. The Labute approximate surface area is 93.5 Å². The Bertz CT molecular complexity index is 368. The second-order valence-corrected chi connectivity index (χ2v) is 6.39. The predicted octanol–water partition coefficient (Wildman–Crippen LogP) is 2.32. The van der Waals surface area contributed by atoms with Crippen LogP contribution in [-0.2, 0) is 11.0 Å². The maximum absolute atomic E-state index is 11.5. The average Bonchev–Trinajstić information content (AvgIpc) is 2.45. The topological polar surface area (TPSA) is 55.5 Å². The van der Waals surface area contributed by atoms with Crippen molar-refractivity contribution in [2.45, 2.75) is 25.5 Å². The lowest BCUT2D eigenvalue weighted by atomic mass is 10.3. The molecule has 4 nitrogen and oxygen atoms in total. The van der Waals surface area contributed by atoms with Gasteiger partial charge in [0.05, 0.1) is 11.0 Å². The van der Waals surface area contributed by atoms with Crippen molar-refractivity contribution in [1.29, 1.82) is 0 Å². The summed E-state index contributed by atoms with van der Waals surface area (Å²) in [6.45, 7) is 5.57. The Morgan fingerprint density at radius 2 is 2.29 bits per heavy atom. The van der Waals surface area contributed by atoms with Crippen LogP contribution >= 0.6 is 15.9 Å². The molecule has 0 aliphatic carbocycles. The summed E-state index contributed by atoms with van der Waals surface area (Å²) in [5.41, 5.74) is 0. The van der Waals surface area contributed by atoms with Gasteiger partial charge in [-0.2, -0.15) is 4.40 Å². The van der Waals surface area contributed by atoms with Gasteiger partial charge >= 0.3 is 0 Å². The van der Waals surface area contributed by atoms with E-state index in [9.17, 15) is 4.21 Å². The first-order valence-corrected chi connectivity index (χ1v) is 5.88. The summed E-state index contributed by atoms with van der Waals surface area (Å²) in [4.78, 5) is 0. The summed E-state index contributed by atoms with van der Waals surface area (Å²) in [6, 6.07) is 1.66. The Morgan fingerprint density at radius 3 is 2.71 bits per heavy atom. The van der Waals surface area contributed by atoms with Crippen LogP contribution in [0.4, 0.5) is 0 Å². The van der Waals surface area contributed by atoms with E-state index in [-0.39, 0.29) is 4.75 Å². The van der Waals surface area contributed by atoms with Gasteiger partial charge in [-0.15, -0.1) is 0 Å². The molecule has 0 aliphatic rings. The zero-order chi connectivity index (χ0) is 10.8. The molecule has 1 atom stereocenters. The molecule has 0 radical (unpaired) electrons. The molecule has 78 valence electrons. The molecular formula is C8H11BrN2O2S. The number of aromatic nitrogens is 1. The van der Waals surface area contributed by atoms with Crippen LogP contribution in [0.5, 0.6) is 0 Å². The fourth-order valence-corrected chi connectivity index (χ4v) is 1.40. The van der Waals surface area contributed by atoms with E-state index < -0.39 is 11.0 Å². The minimum atomic E-state index is -1.26. The molecule has 1 aromatic heterocycles. The van der Waals surface area contributed by atoms with Crippen molar-refractivity contribution in [2.24, 2.45) is 4.40 Å². The maximum atomic E-state index is 11.5. The molecule has 1 heterocycles. The van der Waals surface area contributed by atoms with Gasteiger partial charge in [-0.3, -0.25) is 0 Å². The average molecular weight is 279 g/mol. The van der Waals surface area contributed by atoms with Crippen LogP contribution in [0.3, 0.4) is 0 Å². The number of halogens is 1. The summed E-state index contributed by atoms with van der Waals surface area (Å²) in [7, 11) is -1.26. The van der Waals surface area contributed by atoms with Crippen molar-refractivity contribution in [3.8, 4) is 0 Å². The Kier molecular flexibility index (Phi) is 3.60. The lowest BCUT2D eigenvalue weighted by Crippen LogP contribution is -2.19. The fourth-order valence-electron chi connectivity index (χ4n) is 0.585. The lowest BCUT2D eigenvalue weighted by Gasteiger charge is -2.12. The van der Waals surface area contributed by atoms with E-state index >= 15 is 0 Å². The minimum Gasteiger partial charge on any atom is -0.354 e. The Hall–Kier alpha value is -0.490. The molecule has 1 aromatic rings. The molecule has 0 spiro atoms. The highest BCUT2D eigenvalue weighted by atomic mass is 79.9. The summed E-state index contributed by atoms with van der Waals surface area (Å²) in [5, 5.41) is 3.61. The summed E-state index contributed by atoms with van der Waals surface area (Å²) >= 11 is 3.14. The molecule has 0 N–H and O–H groups in total. The highest BCUT2D eigenvalue weighted by molar-refractivity contribution is 9.10. The molecule has 14 heavy (non-hydrogen) atoms. The molecule has 0 aromatic carbocycles. The van der Waals surface area contributed by atoms with E-state index in [0.29, 0.717) is 10.4 Å². The third kappa shape index (κ3) is 3.34. The van der Waals surface area contributed by atoms with Crippen LogP contribution in [0.1, 0.15) is 26.5 Å². The largest absolute Gasteiger partial charge is 0.354 e. The second-order valence-electron chi connectivity index (χ2n) is 3.65. The first kappa shape index (κ1) is 11.6. The quantitative estimate of drug-likeness (QED) is 0.781. The van der Waals surface area contributed by atoms with Crippen molar-refractivity contribution in [1.82, 2.24) is 5.16 Å². The molecule has 0 aliphatic heterocycles. The molecule has 0 bridgehead atoms. The van der Waals surface area contributed by atoms with E-state index in [1.807, 2.05) is 20.8 Å². The van der Waals surface area contributed by atoms with Gasteiger partial charge in [-0.25, -0.2) is 4.21 Å². The number of hydrogen-bond acceptors (Lipinski definition) is 3. The summed E-state index contributed by atoms with van der Waals surface area (Å²) in [6.07, 6.45) is 1.42. The highest BCUT2D eigenvalue weighted by Crippen LogP contribution is 2.13. The van der Waals surface area contributed by atoms with Gasteiger partial charge in [0.1, 0.15) is 15.6 Å². The molecule has 0 saturated heterocycles. The number of rotatable bonds is 2. The van der Waals surface area contributed by atoms with Gasteiger partial charge in [0.15, 0.2) is 5.76 Å². The maximum Gasteiger partial charge on any atom is 0.179 e. The predicted molar refractivity (Wildman–Crippen MR) is 59.7 cm³/mol. The zero-order valence-corrected chi connectivity index (χ0v) is 10.6. The van der Waals surface area contributed by atoms with Crippen molar-refractivity contribution in [2.75, 3.05) is 0 Å². The first-order valence-electron chi connectivity index (χ1n) is 3.98. The molecule has 0 saturated carbocycles. The lowest BCUT2D eigenvalue weighted by molar-refractivity contribution is 0.411. The van der Waals surface area contributed by atoms with Crippen molar-refractivity contribution in [3.63, 3.8) is 0 Å². The van der Waals surface area contributed by atoms with E-state index in [4.69, 9.17) is 4.52 Å². The molecule has 0 fully saturated rings. The van der Waals surface area contributed by atoms with Crippen LogP contribution < -0.4 is 0 Å². The van der Waals surface area contributed by atoms with Crippen LogP contribution in [0.25, 0.3) is 0 Å². The molecule has 1 unspecified atom stereocenters. The summed E-state index contributed by atoms with van der Waals surface area (Å²) in [5.74, 6) is 0.481. The Balaban J connectivity index is 2.70. The SMILES string of the molecule is CC(C)(C)S(=O)/N=C/c1cc(Br)no1. The monoisotopic (exact) mass is 278 g/mol. The number of hydrogen-bond donors (Lipinski definition) is 0. The van der Waals surface area contributed by atoms with Crippen molar-refractivity contribution < 1.29 is 8.73 Å². The number of nitrogens with zero attached hydrogens (tertiary/aromatic N) is 2. The normalized spacial score (nSPS) is 14.9. The van der Waals surface area contributed by atoms with Gasteiger partial charge in [-0.1, -0.05) is 5.16 Å². The zero-order valence-electron chi connectivity index (χ0n) is 8.15. The van der Waals surface area contributed by atoms with E-state index in [2.05, 4.69) is 25.5 Å². The standard InChI is InChI=1S/C8H11BrN2O2S/c1-8(2,3)14(12)10-5-6-4-7(9)11-13-6/h4-5H,1-3H3/b10-5+. The smallest absolute Gasteiger partial charge is 0.179 e. The molecule has 0 amide bonds. The molecule has 6 heteroatoms. The van der Waals surface area contributed by atoms with Crippen LogP contribution in [0.15, 0.2) is 19.6 Å². The van der Waals surface area contributed by atoms with Gasteiger partial charge in [0.25, 0.3) is 0 Å². The highest BCUT2D eigenvalue weighted by Gasteiger charge is 2.18. The Morgan fingerprint density at radius 1 is 1.64 bits per heavy atom. The minimum absolute atomic E-state index is 0.353. The van der Waals surface area contributed by atoms with Gasteiger partial charge in [-0.05, 0) is 36.7 Å². The summed E-state index contributed by atoms with van der Waals surface area (Å²) < 4.78 is 20.4. The fraction of sp³-hybridized carbons (Fsp3) is 0.500. The van der Waals surface area contributed by atoms with E-state index in [1.54, 1.807) is 6.07 Å². The van der Waals surface area contributed by atoms with Gasteiger partial charge in [0.2, 0.25) is 0 Å².